The van der Waals surface area contributed by atoms with Gasteiger partial charge in [-0.25, -0.2) is 4.98 Å². The van der Waals surface area contributed by atoms with Crippen LogP contribution in [-0.2, 0) is 13.0 Å². The number of aromatic nitrogens is 2. The van der Waals surface area contributed by atoms with Crippen LogP contribution in [0.5, 0.6) is 5.75 Å². The molecule has 5 heteroatoms. The molecule has 1 N–H and O–H groups in total. The fourth-order valence-electron chi connectivity index (χ4n) is 1.45. The van der Waals surface area contributed by atoms with E-state index in [4.69, 9.17) is 21.4 Å². The molecule has 0 saturated heterocycles. The second-order valence-corrected chi connectivity index (χ2v) is 4.12. The minimum atomic E-state index is 0.153. The van der Waals surface area contributed by atoms with Crippen molar-refractivity contribution in [3.8, 4) is 5.75 Å². The lowest BCUT2D eigenvalue weighted by molar-refractivity contribution is 0.297. The molecule has 1 aromatic carbocycles. The van der Waals surface area contributed by atoms with Gasteiger partial charge < -0.3 is 9.84 Å². The molecule has 1 aromatic heterocycles. The first-order valence-corrected chi connectivity index (χ1v) is 5.95. The highest BCUT2D eigenvalue weighted by Crippen LogP contribution is 2.14. The summed E-state index contributed by atoms with van der Waals surface area (Å²) in [7, 11) is 0. The second kappa shape index (κ2) is 6.33. The predicted octanol–water partition coefficient (Wildman–Crippen LogP) is 2.24. The van der Waals surface area contributed by atoms with Gasteiger partial charge in [0.1, 0.15) is 17.5 Å². The molecule has 0 aliphatic carbocycles. The van der Waals surface area contributed by atoms with E-state index in [0.29, 0.717) is 18.2 Å². The van der Waals surface area contributed by atoms with E-state index in [1.165, 1.54) is 6.20 Å². The summed E-state index contributed by atoms with van der Waals surface area (Å²) in [6, 6.07) is 7.60. The van der Waals surface area contributed by atoms with Crippen LogP contribution in [0, 0.1) is 0 Å². The topological polar surface area (TPSA) is 55.2 Å². The van der Waals surface area contributed by atoms with Crippen LogP contribution in [0.4, 0.5) is 0 Å². The van der Waals surface area contributed by atoms with Gasteiger partial charge in [-0.1, -0.05) is 23.7 Å². The van der Waals surface area contributed by atoms with E-state index >= 15 is 0 Å². The van der Waals surface area contributed by atoms with Gasteiger partial charge in [-0.2, -0.15) is 0 Å². The molecule has 0 amide bonds. The van der Waals surface area contributed by atoms with Gasteiger partial charge in [0.2, 0.25) is 0 Å². The zero-order chi connectivity index (χ0) is 12.8. The first kappa shape index (κ1) is 12.8. The Morgan fingerprint density at radius 2 is 1.89 bits per heavy atom. The van der Waals surface area contributed by atoms with Crippen LogP contribution in [0.25, 0.3) is 0 Å². The van der Waals surface area contributed by atoms with Crippen molar-refractivity contribution in [1.29, 1.82) is 0 Å². The van der Waals surface area contributed by atoms with Gasteiger partial charge in [0, 0.05) is 6.61 Å². The number of halogens is 1. The lowest BCUT2D eigenvalue weighted by Gasteiger charge is -2.06. The normalized spacial score (nSPS) is 10.3. The molecule has 0 radical (unpaired) electrons. The van der Waals surface area contributed by atoms with Crippen LogP contribution < -0.4 is 4.74 Å². The molecule has 0 unspecified atom stereocenters. The van der Waals surface area contributed by atoms with E-state index in [1.54, 1.807) is 6.20 Å². The minimum Gasteiger partial charge on any atom is -0.487 e. The molecule has 0 bridgehead atoms. The van der Waals surface area contributed by atoms with Crippen LogP contribution in [0.3, 0.4) is 0 Å². The Bertz CT molecular complexity index is 485. The van der Waals surface area contributed by atoms with Gasteiger partial charge in [-0.15, -0.1) is 0 Å². The van der Waals surface area contributed by atoms with Crippen molar-refractivity contribution < 1.29 is 9.84 Å². The highest BCUT2D eigenvalue weighted by Gasteiger charge is 1.99. The van der Waals surface area contributed by atoms with Crippen molar-refractivity contribution in [2.75, 3.05) is 6.61 Å². The van der Waals surface area contributed by atoms with Crippen LogP contribution in [0.1, 0.15) is 11.3 Å². The van der Waals surface area contributed by atoms with Crippen LogP contribution in [0.2, 0.25) is 5.15 Å². The third-order valence-corrected chi connectivity index (χ3v) is 2.58. The SMILES string of the molecule is OCCc1ccc(OCc2cnc(Cl)cn2)cc1. The summed E-state index contributed by atoms with van der Waals surface area (Å²) in [4.78, 5) is 8.01. The zero-order valence-corrected chi connectivity index (χ0v) is 10.5. The quantitative estimate of drug-likeness (QED) is 0.900. The number of nitrogens with zero attached hydrogens (tertiary/aromatic N) is 2. The molecule has 0 spiro atoms. The van der Waals surface area contributed by atoms with E-state index in [2.05, 4.69) is 9.97 Å². The maximum absolute atomic E-state index is 8.81. The molecule has 0 saturated carbocycles. The summed E-state index contributed by atoms with van der Waals surface area (Å²) >= 11 is 5.64. The predicted molar refractivity (Wildman–Crippen MR) is 68.6 cm³/mol. The highest BCUT2D eigenvalue weighted by molar-refractivity contribution is 6.29. The zero-order valence-electron chi connectivity index (χ0n) is 9.71. The van der Waals surface area contributed by atoms with E-state index in [-0.39, 0.29) is 6.61 Å². The fourth-order valence-corrected chi connectivity index (χ4v) is 1.55. The summed E-state index contributed by atoms with van der Waals surface area (Å²) in [5.74, 6) is 0.758. The van der Waals surface area contributed by atoms with Gasteiger partial charge in [-0.05, 0) is 24.1 Å². The molecular weight excluding hydrogens is 252 g/mol. The van der Waals surface area contributed by atoms with Crippen LogP contribution in [-0.4, -0.2) is 21.7 Å². The molecule has 0 fully saturated rings. The van der Waals surface area contributed by atoms with Gasteiger partial charge in [0.05, 0.1) is 18.1 Å². The molecule has 0 atom stereocenters. The lowest BCUT2D eigenvalue weighted by Crippen LogP contribution is -1.99. The largest absolute Gasteiger partial charge is 0.487 e. The number of benzene rings is 1. The van der Waals surface area contributed by atoms with Crippen molar-refractivity contribution in [2.45, 2.75) is 13.0 Å². The van der Waals surface area contributed by atoms with E-state index < -0.39 is 0 Å². The third-order valence-electron chi connectivity index (χ3n) is 2.38. The Hall–Kier alpha value is -1.65. The van der Waals surface area contributed by atoms with Crippen molar-refractivity contribution in [3.05, 3.63) is 53.1 Å². The first-order valence-electron chi connectivity index (χ1n) is 5.57. The number of aliphatic hydroxyl groups excluding tert-OH is 1. The molecule has 1 heterocycles. The molecule has 18 heavy (non-hydrogen) atoms. The third kappa shape index (κ3) is 3.68. The Kier molecular flexibility index (Phi) is 4.50. The molecule has 94 valence electrons. The average Bonchev–Trinajstić information content (AvgIpc) is 2.40. The first-order chi connectivity index (χ1) is 8.78. The van der Waals surface area contributed by atoms with Gasteiger partial charge in [-0.3, -0.25) is 4.98 Å². The summed E-state index contributed by atoms with van der Waals surface area (Å²) in [5, 5.41) is 9.17. The maximum Gasteiger partial charge on any atom is 0.147 e. The van der Waals surface area contributed by atoms with Crippen molar-refractivity contribution >= 4 is 11.6 Å². The Morgan fingerprint density at radius 3 is 2.50 bits per heavy atom. The van der Waals surface area contributed by atoms with Crippen LogP contribution in [0.15, 0.2) is 36.7 Å². The summed E-state index contributed by atoms with van der Waals surface area (Å²) < 4.78 is 5.56. The maximum atomic E-state index is 8.81. The van der Waals surface area contributed by atoms with E-state index in [9.17, 15) is 0 Å². The molecular formula is C13H13ClN2O2. The molecule has 2 rings (SSSR count). The summed E-state index contributed by atoms with van der Waals surface area (Å²) in [5.41, 5.74) is 1.80. The van der Waals surface area contributed by atoms with Gasteiger partial charge >= 0.3 is 0 Å². The van der Waals surface area contributed by atoms with Gasteiger partial charge in [0.25, 0.3) is 0 Å². The van der Waals surface area contributed by atoms with E-state index in [1.807, 2.05) is 24.3 Å². The Balaban J connectivity index is 1.91. The number of aliphatic hydroxyl groups is 1. The van der Waals surface area contributed by atoms with Gasteiger partial charge in [0.15, 0.2) is 0 Å². The van der Waals surface area contributed by atoms with Crippen molar-refractivity contribution in [2.24, 2.45) is 0 Å². The standard InChI is InChI=1S/C13H13ClN2O2/c14-13-8-15-11(7-16-13)9-18-12-3-1-10(2-4-12)5-6-17/h1-4,7-8,17H,5-6,9H2. The summed E-state index contributed by atoms with van der Waals surface area (Å²) in [6.07, 6.45) is 3.73. The average molecular weight is 265 g/mol. The smallest absolute Gasteiger partial charge is 0.147 e. The number of ether oxygens (including phenoxy) is 1. The van der Waals surface area contributed by atoms with Crippen molar-refractivity contribution in [1.82, 2.24) is 9.97 Å². The van der Waals surface area contributed by atoms with E-state index in [0.717, 1.165) is 17.0 Å². The molecule has 0 aliphatic rings. The monoisotopic (exact) mass is 264 g/mol. The van der Waals surface area contributed by atoms with Crippen LogP contribution >= 0.6 is 11.6 Å². The second-order valence-electron chi connectivity index (χ2n) is 3.74. The Labute approximate surface area is 110 Å². The molecule has 0 aliphatic heterocycles. The lowest BCUT2D eigenvalue weighted by atomic mass is 10.1. The molecule has 2 aromatic rings. The number of hydrogen-bond acceptors (Lipinski definition) is 4. The fraction of sp³-hybridized carbons (Fsp3) is 0.231. The Morgan fingerprint density at radius 1 is 1.11 bits per heavy atom. The molecule has 4 nitrogen and oxygen atoms in total. The summed E-state index contributed by atoms with van der Waals surface area (Å²) in [6.45, 7) is 0.504. The minimum absolute atomic E-state index is 0.153. The number of hydrogen-bond donors (Lipinski definition) is 1. The highest BCUT2D eigenvalue weighted by atomic mass is 35.5. The number of rotatable bonds is 5. The van der Waals surface area contributed by atoms with Crippen molar-refractivity contribution in [3.63, 3.8) is 0 Å².